The highest BCUT2D eigenvalue weighted by atomic mass is 16.5. The Hall–Kier alpha value is -4.20. The minimum Gasteiger partial charge on any atom is -0.504 e. The van der Waals surface area contributed by atoms with Crippen molar-refractivity contribution in [2.75, 3.05) is 38.2 Å². The molecule has 1 saturated heterocycles. The third-order valence-corrected chi connectivity index (χ3v) is 6.94. The van der Waals surface area contributed by atoms with Crippen LogP contribution >= 0.6 is 0 Å². The van der Waals surface area contributed by atoms with Crippen LogP contribution in [0.25, 0.3) is 22.4 Å². The van der Waals surface area contributed by atoms with Crippen molar-refractivity contribution in [2.24, 2.45) is 0 Å². The number of ether oxygens (including phenoxy) is 1. The van der Waals surface area contributed by atoms with Gasteiger partial charge in [-0.1, -0.05) is 32.9 Å². The van der Waals surface area contributed by atoms with E-state index >= 15 is 0 Å². The monoisotopic (exact) mass is 500 g/mol. The number of hydrogen-bond acceptors (Lipinski definition) is 6. The first-order valence-electron chi connectivity index (χ1n) is 12.4. The number of benzene rings is 3. The predicted molar refractivity (Wildman–Crippen MR) is 145 cm³/mol. The molecule has 0 bridgehead atoms. The lowest BCUT2D eigenvalue weighted by molar-refractivity contribution is 0.0746. The number of phenolic OH excluding ortho intramolecular Hbond substituents is 2. The van der Waals surface area contributed by atoms with Gasteiger partial charge in [-0.3, -0.25) is 4.79 Å². The van der Waals surface area contributed by atoms with Crippen LogP contribution in [0.5, 0.6) is 17.2 Å². The molecule has 3 N–H and O–H groups in total. The number of phenols is 2. The van der Waals surface area contributed by atoms with E-state index in [1.165, 1.54) is 18.7 Å². The number of methoxy groups -OCH3 is 1. The molecule has 3 aromatic carbocycles. The molecule has 1 aromatic heterocycles. The minimum absolute atomic E-state index is 0.0580. The Morgan fingerprint density at radius 3 is 2.32 bits per heavy atom. The molecule has 2 heterocycles. The summed E-state index contributed by atoms with van der Waals surface area (Å²) in [6.45, 7) is 9.28. The van der Waals surface area contributed by atoms with Gasteiger partial charge in [0, 0.05) is 43.0 Å². The van der Waals surface area contributed by atoms with Crippen LogP contribution in [0.4, 0.5) is 5.69 Å². The molecule has 0 radical (unpaired) electrons. The van der Waals surface area contributed by atoms with Gasteiger partial charge in [0.05, 0.1) is 18.1 Å². The summed E-state index contributed by atoms with van der Waals surface area (Å²) in [6.07, 6.45) is 0. The summed E-state index contributed by atoms with van der Waals surface area (Å²) in [4.78, 5) is 25.2. The van der Waals surface area contributed by atoms with Crippen molar-refractivity contribution in [2.45, 2.75) is 26.2 Å². The molecule has 1 fully saturated rings. The second kappa shape index (κ2) is 9.35. The van der Waals surface area contributed by atoms with Gasteiger partial charge in [0.15, 0.2) is 11.5 Å². The number of nitrogens with one attached hydrogen (secondary N) is 1. The lowest BCUT2D eigenvalue weighted by Crippen LogP contribution is -2.48. The molecule has 192 valence electrons. The molecule has 1 aliphatic rings. The van der Waals surface area contributed by atoms with E-state index in [1.54, 1.807) is 6.07 Å². The molecule has 1 aliphatic heterocycles. The first-order valence-corrected chi connectivity index (χ1v) is 12.4. The molecule has 8 heteroatoms. The fraction of sp³-hybridized carbons (Fsp3) is 0.310. The number of nitrogens with zero attached hydrogens (tertiary/aromatic N) is 3. The number of carbonyl (C=O) groups is 1. The van der Waals surface area contributed by atoms with Gasteiger partial charge >= 0.3 is 0 Å². The lowest BCUT2D eigenvalue weighted by Gasteiger charge is -2.36. The van der Waals surface area contributed by atoms with Gasteiger partial charge in [-0.2, -0.15) is 0 Å². The molecule has 0 saturated carbocycles. The SMILES string of the molecule is COc1cc(-c2nc3ccc(N4CCN(C(=O)c5ccc(C(C)(C)C)cc5)CC4)cc3[nH]2)cc(O)c1O. The van der Waals surface area contributed by atoms with Crippen LogP contribution in [0.2, 0.25) is 0 Å². The summed E-state index contributed by atoms with van der Waals surface area (Å²) < 4.78 is 5.15. The number of amides is 1. The van der Waals surface area contributed by atoms with Gasteiger partial charge in [0.2, 0.25) is 5.75 Å². The molecule has 8 nitrogen and oxygen atoms in total. The zero-order valence-electron chi connectivity index (χ0n) is 21.6. The van der Waals surface area contributed by atoms with Crippen molar-refractivity contribution in [1.82, 2.24) is 14.9 Å². The normalized spacial score (nSPS) is 14.3. The Morgan fingerprint density at radius 2 is 1.68 bits per heavy atom. The Bertz CT molecular complexity index is 1450. The average Bonchev–Trinajstić information content (AvgIpc) is 3.33. The second-order valence-electron chi connectivity index (χ2n) is 10.4. The summed E-state index contributed by atoms with van der Waals surface area (Å²) >= 11 is 0. The highest BCUT2D eigenvalue weighted by molar-refractivity contribution is 5.94. The fourth-order valence-electron chi connectivity index (χ4n) is 4.68. The van der Waals surface area contributed by atoms with Crippen LogP contribution in [0.15, 0.2) is 54.6 Å². The maximum Gasteiger partial charge on any atom is 0.253 e. The summed E-state index contributed by atoms with van der Waals surface area (Å²) in [7, 11) is 1.43. The van der Waals surface area contributed by atoms with Crippen molar-refractivity contribution >= 4 is 22.6 Å². The number of imidazole rings is 1. The molecule has 1 amide bonds. The molecule has 0 spiro atoms. The number of piperazine rings is 1. The number of H-pyrrole nitrogens is 1. The van der Waals surface area contributed by atoms with E-state index in [2.05, 4.69) is 35.6 Å². The van der Waals surface area contributed by atoms with E-state index in [-0.39, 0.29) is 28.6 Å². The largest absolute Gasteiger partial charge is 0.504 e. The van der Waals surface area contributed by atoms with Gasteiger partial charge in [-0.15, -0.1) is 0 Å². The van der Waals surface area contributed by atoms with Crippen LogP contribution in [0.1, 0.15) is 36.7 Å². The molecule has 0 aliphatic carbocycles. The molecule has 4 aromatic rings. The van der Waals surface area contributed by atoms with Crippen molar-refractivity contribution in [3.8, 4) is 28.6 Å². The van der Waals surface area contributed by atoms with E-state index in [4.69, 9.17) is 4.74 Å². The van der Waals surface area contributed by atoms with Crippen LogP contribution < -0.4 is 9.64 Å². The topological polar surface area (TPSA) is 102 Å². The van der Waals surface area contributed by atoms with Crippen molar-refractivity contribution in [3.05, 3.63) is 65.7 Å². The molecule has 37 heavy (non-hydrogen) atoms. The molecule has 0 atom stereocenters. The molecular formula is C29H32N4O4. The molecule has 5 rings (SSSR count). The molecule has 0 unspecified atom stereocenters. The fourth-order valence-corrected chi connectivity index (χ4v) is 4.68. The number of fused-ring (bicyclic) bond motifs is 1. The van der Waals surface area contributed by atoms with Crippen molar-refractivity contribution < 1.29 is 19.7 Å². The van der Waals surface area contributed by atoms with Gasteiger partial charge in [-0.05, 0) is 53.4 Å². The average molecular weight is 501 g/mol. The second-order valence-corrected chi connectivity index (χ2v) is 10.4. The first kappa shape index (κ1) is 24.5. The molecular weight excluding hydrogens is 468 g/mol. The van der Waals surface area contributed by atoms with E-state index in [1.807, 2.05) is 47.4 Å². The number of carbonyl (C=O) groups excluding carboxylic acids is 1. The van der Waals surface area contributed by atoms with E-state index in [0.717, 1.165) is 35.4 Å². The van der Waals surface area contributed by atoms with Crippen molar-refractivity contribution in [3.63, 3.8) is 0 Å². The van der Waals surface area contributed by atoms with Crippen LogP contribution in [0.3, 0.4) is 0 Å². The third kappa shape index (κ3) is 4.79. The van der Waals surface area contributed by atoms with Gasteiger partial charge in [0.1, 0.15) is 5.82 Å². The number of aromatic hydroxyl groups is 2. The Labute approximate surface area is 216 Å². The number of anilines is 1. The summed E-state index contributed by atoms with van der Waals surface area (Å²) in [5.74, 6) is 0.237. The van der Waals surface area contributed by atoms with Gasteiger partial charge in [-0.25, -0.2) is 4.98 Å². The standard InChI is InChI=1S/C29H32N4O4/c1-29(2,3)20-7-5-18(6-8-20)28(36)33-13-11-32(12-14-33)21-9-10-22-23(17-21)31-27(30-22)19-15-24(34)26(35)25(16-19)37-4/h5-10,15-17,34-35H,11-14H2,1-4H3,(H,30,31). The Morgan fingerprint density at radius 1 is 0.973 bits per heavy atom. The van der Waals surface area contributed by atoms with E-state index in [0.29, 0.717) is 24.5 Å². The van der Waals surface area contributed by atoms with Crippen LogP contribution in [-0.4, -0.2) is 64.3 Å². The van der Waals surface area contributed by atoms with E-state index in [9.17, 15) is 15.0 Å². The van der Waals surface area contributed by atoms with Crippen LogP contribution in [-0.2, 0) is 5.41 Å². The van der Waals surface area contributed by atoms with Gasteiger partial charge in [0.25, 0.3) is 5.91 Å². The summed E-state index contributed by atoms with van der Waals surface area (Å²) in [6, 6.07) is 17.1. The van der Waals surface area contributed by atoms with Crippen LogP contribution in [0, 0.1) is 0 Å². The maximum absolute atomic E-state index is 13.1. The number of rotatable bonds is 4. The zero-order chi connectivity index (χ0) is 26.3. The highest BCUT2D eigenvalue weighted by Crippen LogP contribution is 2.39. The summed E-state index contributed by atoms with van der Waals surface area (Å²) in [5, 5.41) is 19.9. The first-order chi connectivity index (χ1) is 17.6. The quantitative estimate of drug-likeness (QED) is 0.344. The predicted octanol–water partition coefficient (Wildman–Crippen LogP) is 4.91. The zero-order valence-corrected chi connectivity index (χ0v) is 21.6. The smallest absolute Gasteiger partial charge is 0.253 e. The highest BCUT2D eigenvalue weighted by Gasteiger charge is 2.23. The van der Waals surface area contributed by atoms with Gasteiger partial charge < -0.3 is 29.7 Å². The number of aromatic nitrogens is 2. The number of aromatic amines is 1. The number of hydrogen-bond donors (Lipinski definition) is 3. The maximum atomic E-state index is 13.1. The summed E-state index contributed by atoms with van der Waals surface area (Å²) in [5.41, 5.74) is 5.30. The third-order valence-electron chi connectivity index (χ3n) is 6.94. The Kier molecular flexibility index (Phi) is 6.19. The Balaban J connectivity index is 1.29. The van der Waals surface area contributed by atoms with Crippen molar-refractivity contribution in [1.29, 1.82) is 0 Å². The van der Waals surface area contributed by atoms with E-state index < -0.39 is 0 Å². The minimum atomic E-state index is -0.302. The lowest BCUT2D eigenvalue weighted by atomic mass is 9.86.